The largest absolute Gasteiger partial charge is 0.490 e. The molecule has 0 bridgehead atoms. The third kappa shape index (κ3) is 5.19. The lowest BCUT2D eigenvalue weighted by Crippen LogP contribution is -2.30. The first-order valence-corrected chi connectivity index (χ1v) is 9.24. The highest BCUT2D eigenvalue weighted by Crippen LogP contribution is 2.19. The molecule has 0 saturated carbocycles. The Morgan fingerprint density at radius 3 is 2.76 bits per heavy atom. The van der Waals surface area contributed by atoms with Gasteiger partial charge in [-0.1, -0.05) is 53.7 Å². The van der Waals surface area contributed by atoms with Crippen molar-refractivity contribution in [3.8, 4) is 17.1 Å². The normalized spacial score (nSPS) is 10.4. The molecule has 0 unspecified atom stereocenters. The van der Waals surface area contributed by atoms with Crippen LogP contribution in [-0.2, 0) is 6.54 Å². The number of benzene rings is 2. The Morgan fingerprint density at radius 1 is 1.17 bits per heavy atom. The van der Waals surface area contributed by atoms with Crippen LogP contribution in [0.5, 0.6) is 5.75 Å². The third-order valence-corrected chi connectivity index (χ3v) is 4.16. The number of aryl methyl sites for hydroxylation is 1. The van der Waals surface area contributed by atoms with E-state index in [9.17, 15) is 4.79 Å². The molecule has 1 aromatic heterocycles. The minimum atomic E-state index is -0.177. The van der Waals surface area contributed by atoms with Crippen LogP contribution in [0.25, 0.3) is 11.4 Å². The number of aromatic nitrogens is 2. The van der Waals surface area contributed by atoms with E-state index in [1.54, 1.807) is 41.3 Å². The van der Waals surface area contributed by atoms with E-state index < -0.39 is 0 Å². The van der Waals surface area contributed by atoms with Gasteiger partial charge in [-0.2, -0.15) is 4.98 Å². The zero-order valence-corrected chi connectivity index (χ0v) is 16.4. The summed E-state index contributed by atoms with van der Waals surface area (Å²) in [6.45, 7) is 10.3. The predicted octanol–water partition coefficient (Wildman–Crippen LogP) is 4.44. The lowest BCUT2D eigenvalue weighted by molar-refractivity contribution is 0.0745. The molecule has 1 heterocycles. The fourth-order valence-electron chi connectivity index (χ4n) is 2.82. The van der Waals surface area contributed by atoms with E-state index in [1.807, 2.05) is 31.2 Å². The number of hydrogen-bond acceptors (Lipinski definition) is 5. The molecule has 6 nitrogen and oxygen atoms in total. The number of carbonyl (C=O) groups excluding carboxylic acids is 1. The second kappa shape index (κ2) is 9.50. The third-order valence-electron chi connectivity index (χ3n) is 4.16. The Bertz CT molecular complexity index is 1010. The van der Waals surface area contributed by atoms with Crippen LogP contribution in [0.2, 0.25) is 0 Å². The maximum atomic E-state index is 13.0. The molecule has 0 radical (unpaired) electrons. The van der Waals surface area contributed by atoms with Gasteiger partial charge in [-0.3, -0.25) is 4.79 Å². The zero-order chi connectivity index (χ0) is 20.6. The first-order valence-electron chi connectivity index (χ1n) is 9.24. The van der Waals surface area contributed by atoms with Gasteiger partial charge in [0.25, 0.3) is 5.91 Å². The van der Waals surface area contributed by atoms with E-state index >= 15 is 0 Å². The molecule has 6 heteroatoms. The highest BCUT2D eigenvalue weighted by atomic mass is 16.5. The summed E-state index contributed by atoms with van der Waals surface area (Å²) < 4.78 is 10.9. The molecule has 29 heavy (non-hydrogen) atoms. The van der Waals surface area contributed by atoms with Gasteiger partial charge in [-0.15, -0.1) is 6.58 Å². The highest BCUT2D eigenvalue weighted by Gasteiger charge is 2.19. The van der Waals surface area contributed by atoms with Gasteiger partial charge in [0.05, 0.1) is 0 Å². The maximum absolute atomic E-state index is 13.0. The van der Waals surface area contributed by atoms with Crippen LogP contribution in [0, 0.1) is 6.92 Å². The molecule has 0 aliphatic rings. The van der Waals surface area contributed by atoms with Crippen LogP contribution >= 0.6 is 0 Å². The van der Waals surface area contributed by atoms with Crippen molar-refractivity contribution in [1.29, 1.82) is 0 Å². The van der Waals surface area contributed by atoms with Crippen molar-refractivity contribution in [3.63, 3.8) is 0 Å². The minimum absolute atomic E-state index is 0.177. The number of hydrogen-bond donors (Lipinski definition) is 0. The zero-order valence-electron chi connectivity index (χ0n) is 16.4. The molecule has 3 rings (SSSR count). The second-order valence-electron chi connectivity index (χ2n) is 6.48. The van der Waals surface area contributed by atoms with Crippen molar-refractivity contribution in [2.45, 2.75) is 13.5 Å². The molecule has 0 fully saturated rings. The van der Waals surface area contributed by atoms with Crippen LogP contribution in [0.4, 0.5) is 0 Å². The van der Waals surface area contributed by atoms with Crippen molar-refractivity contribution in [2.75, 3.05) is 13.2 Å². The summed E-state index contributed by atoms with van der Waals surface area (Å²) >= 11 is 0. The van der Waals surface area contributed by atoms with Gasteiger partial charge in [0.15, 0.2) is 0 Å². The lowest BCUT2D eigenvalue weighted by Gasteiger charge is -2.19. The van der Waals surface area contributed by atoms with Gasteiger partial charge >= 0.3 is 0 Å². The molecule has 0 aliphatic carbocycles. The Morgan fingerprint density at radius 2 is 2.00 bits per heavy atom. The first-order chi connectivity index (χ1) is 14.1. The minimum Gasteiger partial charge on any atom is -0.490 e. The maximum Gasteiger partial charge on any atom is 0.254 e. The van der Waals surface area contributed by atoms with E-state index in [0.29, 0.717) is 36.2 Å². The molecular formula is C23H23N3O3. The fraction of sp³-hybridized carbons (Fsp3) is 0.174. The van der Waals surface area contributed by atoms with Gasteiger partial charge in [-0.05, 0) is 31.2 Å². The van der Waals surface area contributed by atoms with Crippen molar-refractivity contribution < 1.29 is 14.1 Å². The molecule has 0 aliphatic heterocycles. The van der Waals surface area contributed by atoms with E-state index in [2.05, 4.69) is 23.3 Å². The predicted molar refractivity (Wildman–Crippen MR) is 112 cm³/mol. The molecule has 148 valence electrons. The number of rotatable bonds is 9. The Hall–Kier alpha value is -3.67. The molecule has 1 amide bonds. The summed E-state index contributed by atoms with van der Waals surface area (Å²) in [5.41, 5.74) is 2.48. The summed E-state index contributed by atoms with van der Waals surface area (Å²) in [6.07, 6.45) is 3.31. The molecule has 3 aromatic rings. The van der Waals surface area contributed by atoms with Crippen LogP contribution in [0.1, 0.15) is 21.8 Å². The quantitative estimate of drug-likeness (QED) is 0.506. The Kier molecular flexibility index (Phi) is 6.58. The van der Waals surface area contributed by atoms with E-state index in [4.69, 9.17) is 9.26 Å². The Balaban J connectivity index is 1.77. The summed E-state index contributed by atoms with van der Waals surface area (Å²) in [6, 6.07) is 14.9. The molecule has 0 spiro atoms. The molecular weight excluding hydrogens is 366 g/mol. The average molecular weight is 389 g/mol. The molecule has 0 saturated heterocycles. The number of ether oxygens (including phenoxy) is 1. The van der Waals surface area contributed by atoms with Gasteiger partial charge < -0.3 is 14.2 Å². The van der Waals surface area contributed by atoms with Crippen LogP contribution in [0.15, 0.2) is 78.4 Å². The lowest BCUT2D eigenvalue weighted by atomic mass is 10.1. The summed E-state index contributed by atoms with van der Waals surface area (Å²) in [5, 5.41) is 4.04. The monoisotopic (exact) mass is 389 g/mol. The Labute approximate surface area is 170 Å². The molecule has 0 N–H and O–H groups in total. The number of carbonyl (C=O) groups is 1. The summed E-state index contributed by atoms with van der Waals surface area (Å²) in [5.74, 6) is 1.28. The van der Waals surface area contributed by atoms with Crippen LogP contribution < -0.4 is 4.74 Å². The van der Waals surface area contributed by atoms with E-state index in [1.165, 1.54) is 0 Å². The topological polar surface area (TPSA) is 68.5 Å². The van der Waals surface area contributed by atoms with E-state index in [0.717, 1.165) is 11.1 Å². The van der Waals surface area contributed by atoms with E-state index in [-0.39, 0.29) is 12.5 Å². The van der Waals surface area contributed by atoms with Crippen LogP contribution in [-0.4, -0.2) is 34.1 Å². The number of nitrogens with zero attached hydrogens (tertiary/aromatic N) is 3. The van der Waals surface area contributed by atoms with Gasteiger partial charge in [-0.25, -0.2) is 0 Å². The van der Waals surface area contributed by atoms with Gasteiger partial charge in [0.1, 0.15) is 18.9 Å². The van der Waals surface area contributed by atoms with Crippen LogP contribution in [0.3, 0.4) is 0 Å². The standard InChI is InChI=1S/C23H23N3O3/c1-4-12-26(23(27)19-10-7-11-20(15-19)28-13-5-2)16-21-24-22(25-29-21)18-9-6-8-17(3)14-18/h4-11,14-15H,1-2,12-13,16H2,3H3. The number of amides is 1. The summed E-state index contributed by atoms with van der Waals surface area (Å²) in [4.78, 5) is 19.0. The van der Waals surface area contributed by atoms with Crippen molar-refractivity contribution in [2.24, 2.45) is 0 Å². The molecule has 0 atom stereocenters. The second-order valence-corrected chi connectivity index (χ2v) is 6.48. The highest BCUT2D eigenvalue weighted by molar-refractivity contribution is 5.94. The van der Waals surface area contributed by atoms with Gasteiger partial charge in [0, 0.05) is 17.7 Å². The van der Waals surface area contributed by atoms with Crippen molar-refractivity contribution in [1.82, 2.24) is 15.0 Å². The average Bonchev–Trinajstić information content (AvgIpc) is 3.20. The van der Waals surface area contributed by atoms with Crippen molar-refractivity contribution >= 4 is 5.91 Å². The smallest absolute Gasteiger partial charge is 0.254 e. The van der Waals surface area contributed by atoms with Crippen molar-refractivity contribution in [3.05, 3.63) is 90.9 Å². The van der Waals surface area contributed by atoms with Gasteiger partial charge in [0.2, 0.25) is 11.7 Å². The fourth-order valence-corrected chi connectivity index (χ4v) is 2.82. The SMILES string of the molecule is C=CCOc1cccc(C(=O)N(CC=C)Cc2nc(-c3cccc(C)c3)no2)c1. The molecule has 2 aromatic carbocycles. The summed E-state index contributed by atoms with van der Waals surface area (Å²) in [7, 11) is 0. The first kappa shape index (κ1) is 20.1.